The zero-order valence-corrected chi connectivity index (χ0v) is 16.7. The van der Waals surface area contributed by atoms with Crippen LogP contribution in [0.4, 0.5) is 0 Å². The molecule has 0 N–H and O–H groups in total. The van der Waals surface area contributed by atoms with E-state index in [0.29, 0.717) is 17.9 Å². The molecule has 1 aliphatic heterocycles. The Morgan fingerprint density at radius 3 is 2.76 bits per heavy atom. The first-order valence-electron chi connectivity index (χ1n) is 9.83. The zero-order chi connectivity index (χ0) is 20.2. The molecule has 0 saturated carbocycles. The predicted octanol–water partition coefficient (Wildman–Crippen LogP) is 3.88. The van der Waals surface area contributed by atoms with E-state index < -0.39 is 0 Å². The number of pyridine rings is 1. The van der Waals surface area contributed by atoms with E-state index >= 15 is 0 Å². The summed E-state index contributed by atoms with van der Waals surface area (Å²) in [6.45, 7) is 3.27. The van der Waals surface area contributed by atoms with Crippen molar-refractivity contribution in [3.63, 3.8) is 0 Å². The Balaban J connectivity index is 1.64. The lowest BCUT2D eigenvalue weighted by Gasteiger charge is -2.33. The number of methoxy groups -OCH3 is 1. The number of benzene rings is 1. The minimum Gasteiger partial charge on any atom is -0.496 e. The second-order valence-electron chi connectivity index (χ2n) is 7.24. The highest BCUT2D eigenvalue weighted by atomic mass is 16.5. The molecule has 0 radical (unpaired) electrons. The predicted molar refractivity (Wildman–Crippen MR) is 111 cm³/mol. The van der Waals surface area contributed by atoms with Crippen LogP contribution in [-0.2, 0) is 0 Å². The molecule has 6 heteroatoms. The molecule has 29 heavy (non-hydrogen) atoms. The van der Waals surface area contributed by atoms with Crippen molar-refractivity contribution in [2.45, 2.75) is 25.7 Å². The Kier molecular flexibility index (Phi) is 5.51. The first-order valence-corrected chi connectivity index (χ1v) is 9.83. The van der Waals surface area contributed by atoms with Crippen LogP contribution in [0.5, 0.6) is 5.75 Å². The third-order valence-electron chi connectivity index (χ3n) is 5.36. The van der Waals surface area contributed by atoms with Gasteiger partial charge in [-0.05, 0) is 49.6 Å². The molecule has 6 nitrogen and oxygen atoms in total. The van der Waals surface area contributed by atoms with E-state index in [1.54, 1.807) is 19.5 Å². The fraction of sp³-hybridized carbons (Fsp3) is 0.304. The van der Waals surface area contributed by atoms with Gasteiger partial charge in [0.2, 0.25) is 0 Å². The number of hydrogen-bond acceptors (Lipinski definition) is 5. The number of piperidine rings is 1. The van der Waals surface area contributed by atoms with Crippen molar-refractivity contribution in [3.05, 3.63) is 72.1 Å². The Bertz CT molecular complexity index is 1010. The van der Waals surface area contributed by atoms with Crippen LogP contribution in [0.1, 0.15) is 40.6 Å². The molecule has 148 valence electrons. The number of rotatable bonds is 4. The molecule has 1 aromatic carbocycles. The van der Waals surface area contributed by atoms with Crippen molar-refractivity contribution in [3.8, 4) is 16.9 Å². The van der Waals surface area contributed by atoms with Gasteiger partial charge in [-0.15, -0.1) is 0 Å². The van der Waals surface area contributed by atoms with Gasteiger partial charge >= 0.3 is 0 Å². The lowest BCUT2D eigenvalue weighted by atomic mass is 9.89. The fourth-order valence-corrected chi connectivity index (χ4v) is 3.93. The molecule has 0 aliphatic carbocycles. The van der Waals surface area contributed by atoms with Gasteiger partial charge in [-0.1, -0.05) is 12.1 Å². The molecule has 1 saturated heterocycles. The number of para-hydroxylation sites is 1. The number of carbonyl (C=O) groups excluding carboxylic acids is 1. The number of aromatic nitrogens is 3. The van der Waals surface area contributed by atoms with Gasteiger partial charge in [0.05, 0.1) is 18.4 Å². The normalized spacial score (nSPS) is 16.5. The standard InChI is InChI=1S/C23H24N4O2/c1-16-25-14-20(17-9-11-24-12-10-17)22(26-16)18-6-5-13-27(15-18)23(28)19-7-3-4-8-21(19)29-2/h3-4,7-12,14,18H,5-6,13,15H2,1-2H3. The number of likely N-dealkylation sites (tertiary alicyclic amines) is 1. The minimum absolute atomic E-state index is 0.00314. The van der Waals surface area contributed by atoms with Crippen molar-refractivity contribution in [2.75, 3.05) is 20.2 Å². The number of hydrogen-bond donors (Lipinski definition) is 0. The summed E-state index contributed by atoms with van der Waals surface area (Å²) in [6.07, 6.45) is 7.36. The van der Waals surface area contributed by atoms with Crippen molar-refractivity contribution < 1.29 is 9.53 Å². The highest BCUT2D eigenvalue weighted by molar-refractivity contribution is 5.97. The summed E-state index contributed by atoms with van der Waals surface area (Å²) < 4.78 is 5.39. The first kappa shape index (κ1) is 19.1. The van der Waals surface area contributed by atoms with Gasteiger partial charge in [0.15, 0.2) is 0 Å². The molecule has 3 aromatic rings. The number of amides is 1. The second-order valence-corrected chi connectivity index (χ2v) is 7.24. The highest BCUT2D eigenvalue weighted by Crippen LogP contribution is 2.33. The van der Waals surface area contributed by atoms with Gasteiger partial charge in [-0.3, -0.25) is 9.78 Å². The Hall–Kier alpha value is -3.28. The number of ether oxygens (including phenoxy) is 1. The number of aryl methyl sites for hydroxylation is 1. The molecule has 2 aromatic heterocycles. The quantitative estimate of drug-likeness (QED) is 0.679. The van der Waals surface area contributed by atoms with Crippen LogP contribution in [0.25, 0.3) is 11.1 Å². The fourth-order valence-electron chi connectivity index (χ4n) is 3.93. The van der Waals surface area contributed by atoms with Crippen LogP contribution in [0, 0.1) is 6.92 Å². The van der Waals surface area contributed by atoms with Crippen LogP contribution in [0.2, 0.25) is 0 Å². The van der Waals surface area contributed by atoms with Gasteiger partial charge in [-0.2, -0.15) is 0 Å². The smallest absolute Gasteiger partial charge is 0.257 e. The molecule has 1 aliphatic rings. The highest BCUT2D eigenvalue weighted by Gasteiger charge is 2.29. The average Bonchev–Trinajstić information content (AvgIpc) is 2.79. The largest absolute Gasteiger partial charge is 0.496 e. The molecule has 1 atom stereocenters. The molecular formula is C23H24N4O2. The topological polar surface area (TPSA) is 68.2 Å². The van der Waals surface area contributed by atoms with Crippen LogP contribution >= 0.6 is 0 Å². The number of nitrogens with zero attached hydrogens (tertiary/aromatic N) is 4. The Labute approximate surface area is 170 Å². The second kappa shape index (κ2) is 8.39. The van der Waals surface area contributed by atoms with E-state index in [0.717, 1.165) is 42.0 Å². The zero-order valence-electron chi connectivity index (χ0n) is 16.7. The van der Waals surface area contributed by atoms with Crippen molar-refractivity contribution in [2.24, 2.45) is 0 Å². The van der Waals surface area contributed by atoms with E-state index in [1.807, 2.05) is 54.4 Å². The Morgan fingerprint density at radius 1 is 1.17 bits per heavy atom. The summed E-state index contributed by atoms with van der Waals surface area (Å²) >= 11 is 0. The van der Waals surface area contributed by atoms with Crippen LogP contribution in [0.3, 0.4) is 0 Å². The first-order chi connectivity index (χ1) is 14.2. The van der Waals surface area contributed by atoms with Gasteiger partial charge in [0.25, 0.3) is 5.91 Å². The Morgan fingerprint density at radius 2 is 1.97 bits per heavy atom. The van der Waals surface area contributed by atoms with E-state index in [-0.39, 0.29) is 11.8 Å². The molecule has 1 fully saturated rings. The minimum atomic E-state index is 0.00314. The summed E-state index contributed by atoms with van der Waals surface area (Å²) in [5.41, 5.74) is 3.66. The maximum absolute atomic E-state index is 13.2. The third-order valence-corrected chi connectivity index (χ3v) is 5.36. The summed E-state index contributed by atoms with van der Waals surface area (Å²) in [7, 11) is 1.59. The summed E-state index contributed by atoms with van der Waals surface area (Å²) in [6, 6.07) is 11.3. The maximum Gasteiger partial charge on any atom is 0.257 e. The average molecular weight is 388 g/mol. The lowest BCUT2D eigenvalue weighted by Crippen LogP contribution is -2.39. The van der Waals surface area contributed by atoms with E-state index in [1.165, 1.54) is 0 Å². The van der Waals surface area contributed by atoms with Crippen molar-refractivity contribution >= 4 is 5.91 Å². The van der Waals surface area contributed by atoms with E-state index in [4.69, 9.17) is 9.72 Å². The van der Waals surface area contributed by atoms with Gasteiger partial charge in [0, 0.05) is 43.2 Å². The summed E-state index contributed by atoms with van der Waals surface area (Å²) in [5, 5.41) is 0. The third kappa shape index (κ3) is 3.97. The molecule has 4 rings (SSSR count). The number of carbonyl (C=O) groups is 1. The molecule has 1 unspecified atom stereocenters. The van der Waals surface area contributed by atoms with Gasteiger partial charge in [-0.25, -0.2) is 9.97 Å². The van der Waals surface area contributed by atoms with Crippen LogP contribution in [-0.4, -0.2) is 46.0 Å². The van der Waals surface area contributed by atoms with Gasteiger partial charge < -0.3 is 9.64 Å². The van der Waals surface area contributed by atoms with Crippen LogP contribution in [0.15, 0.2) is 55.0 Å². The molecule has 3 heterocycles. The van der Waals surface area contributed by atoms with E-state index in [2.05, 4.69) is 9.97 Å². The SMILES string of the molecule is COc1ccccc1C(=O)N1CCCC(c2nc(C)ncc2-c2ccncc2)C1. The van der Waals surface area contributed by atoms with Crippen LogP contribution < -0.4 is 4.74 Å². The van der Waals surface area contributed by atoms with E-state index in [9.17, 15) is 4.79 Å². The molecule has 0 bridgehead atoms. The monoisotopic (exact) mass is 388 g/mol. The molecular weight excluding hydrogens is 364 g/mol. The van der Waals surface area contributed by atoms with Crippen molar-refractivity contribution in [1.82, 2.24) is 19.9 Å². The molecule has 1 amide bonds. The summed E-state index contributed by atoms with van der Waals surface area (Å²) in [4.78, 5) is 28.4. The maximum atomic E-state index is 13.2. The molecule has 0 spiro atoms. The summed E-state index contributed by atoms with van der Waals surface area (Å²) in [5.74, 6) is 1.51. The lowest BCUT2D eigenvalue weighted by molar-refractivity contribution is 0.0702. The van der Waals surface area contributed by atoms with Crippen molar-refractivity contribution in [1.29, 1.82) is 0 Å². The van der Waals surface area contributed by atoms with Gasteiger partial charge in [0.1, 0.15) is 11.6 Å².